The van der Waals surface area contributed by atoms with Crippen LogP contribution >= 0.6 is 0 Å². The van der Waals surface area contributed by atoms with Gasteiger partial charge in [-0.15, -0.1) is 0 Å². The molecule has 0 aliphatic carbocycles. The Bertz CT molecular complexity index is 180. The molecule has 1 aliphatic heterocycles. The van der Waals surface area contributed by atoms with Gasteiger partial charge in [0.1, 0.15) is 0 Å². The predicted octanol–water partition coefficient (Wildman–Crippen LogP) is 2.89. The molecule has 2 unspecified atom stereocenters. The van der Waals surface area contributed by atoms with Crippen LogP contribution in [0.4, 0.5) is 0 Å². The van der Waals surface area contributed by atoms with Crippen molar-refractivity contribution in [3.05, 3.63) is 0 Å². The Labute approximate surface area is 102 Å². The first-order valence-electron chi connectivity index (χ1n) is 7.08. The van der Waals surface area contributed by atoms with E-state index in [9.17, 15) is 0 Å². The van der Waals surface area contributed by atoms with E-state index in [4.69, 9.17) is 0 Å². The molecular formula is C14H30N2. The van der Waals surface area contributed by atoms with Gasteiger partial charge in [0.25, 0.3) is 0 Å². The summed E-state index contributed by atoms with van der Waals surface area (Å²) in [6.45, 7) is 9.39. The van der Waals surface area contributed by atoms with Gasteiger partial charge in [0.15, 0.2) is 0 Å². The highest BCUT2D eigenvalue weighted by Crippen LogP contribution is 2.17. The highest BCUT2D eigenvalue weighted by molar-refractivity contribution is 4.76. The third kappa shape index (κ3) is 4.42. The zero-order valence-electron chi connectivity index (χ0n) is 11.6. The summed E-state index contributed by atoms with van der Waals surface area (Å²) in [5, 5.41) is 3.71. The fraction of sp³-hybridized carbons (Fsp3) is 1.00. The van der Waals surface area contributed by atoms with Gasteiger partial charge in [-0.2, -0.15) is 0 Å². The minimum Gasteiger partial charge on any atom is -0.314 e. The smallest absolute Gasteiger partial charge is 0.0104 e. The molecule has 0 aromatic carbocycles. The van der Waals surface area contributed by atoms with E-state index >= 15 is 0 Å². The number of hydrogen-bond acceptors (Lipinski definition) is 2. The van der Waals surface area contributed by atoms with Crippen LogP contribution in [0, 0.1) is 5.92 Å². The maximum atomic E-state index is 3.71. The van der Waals surface area contributed by atoms with E-state index in [1.165, 1.54) is 45.2 Å². The summed E-state index contributed by atoms with van der Waals surface area (Å²) >= 11 is 0. The van der Waals surface area contributed by atoms with Crippen LogP contribution in [0.3, 0.4) is 0 Å². The number of likely N-dealkylation sites (tertiary alicyclic amines) is 1. The van der Waals surface area contributed by atoms with Crippen molar-refractivity contribution in [3.63, 3.8) is 0 Å². The average Bonchev–Trinajstić information content (AvgIpc) is 2.26. The number of nitrogens with one attached hydrogen (secondary N) is 1. The summed E-state index contributed by atoms with van der Waals surface area (Å²) in [6.07, 6.45) is 6.79. The Balaban J connectivity index is 2.18. The molecule has 1 N–H and O–H groups in total. The van der Waals surface area contributed by atoms with Crippen molar-refractivity contribution in [1.82, 2.24) is 10.2 Å². The number of nitrogens with zero attached hydrogens (tertiary/aromatic N) is 1. The molecule has 0 aromatic rings. The van der Waals surface area contributed by atoms with Gasteiger partial charge in [0.2, 0.25) is 0 Å². The highest BCUT2D eigenvalue weighted by atomic mass is 15.1. The van der Waals surface area contributed by atoms with Crippen LogP contribution in [0.1, 0.15) is 52.9 Å². The highest BCUT2D eigenvalue weighted by Gasteiger charge is 2.18. The van der Waals surface area contributed by atoms with Gasteiger partial charge in [-0.05, 0) is 51.7 Å². The summed E-state index contributed by atoms with van der Waals surface area (Å²) in [5.74, 6) is 0.758. The lowest BCUT2D eigenvalue weighted by Gasteiger charge is -2.33. The minimum atomic E-state index is 0.703. The van der Waals surface area contributed by atoms with Crippen LogP contribution in [0.15, 0.2) is 0 Å². The fourth-order valence-electron chi connectivity index (χ4n) is 2.80. The summed E-state index contributed by atoms with van der Waals surface area (Å²) < 4.78 is 0. The Morgan fingerprint density at radius 3 is 2.62 bits per heavy atom. The molecule has 2 heteroatoms. The van der Waals surface area contributed by atoms with Crippen molar-refractivity contribution in [1.29, 1.82) is 0 Å². The van der Waals surface area contributed by atoms with E-state index in [1.807, 2.05) is 0 Å². The second-order valence-electron chi connectivity index (χ2n) is 5.63. The predicted molar refractivity (Wildman–Crippen MR) is 71.8 cm³/mol. The topological polar surface area (TPSA) is 15.3 Å². The fourth-order valence-corrected chi connectivity index (χ4v) is 2.80. The molecule has 96 valence electrons. The van der Waals surface area contributed by atoms with E-state index in [0.717, 1.165) is 12.0 Å². The lowest BCUT2D eigenvalue weighted by Crippen LogP contribution is -2.40. The van der Waals surface area contributed by atoms with Crippen LogP contribution in [0.5, 0.6) is 0 Å². The van der Waals surface area contributed by atoms with Gasteiger partial charge in [-0.1, -0.05) is 27.2 Å². The zero-order chi connectivity index (χ0) is 12.0. The van der Waals surface area contributed by atoms with Gasteiger partial charge < -0.3 is 10.2 Å². The van der Waals surface area contributed by atoms with E-state index in [0.29, 0.717) is 6.04 Å². The summed E-state index contributed by atoms with van der Waals surface area (Å²) in [6, 6.07) is 1.53. The maximum Gasteiger partial charge on any atom is 0.0104 e. The second-order valence-corrected chi connectivity index (χ2v) is 5.63. The molecule has 0 bridgehead atoms. The van der Waals surface area contributed by atoms with Gasteiger partial charge in [0, 0.05) is 12.1 Å². The van der Waals surface area contributed by atoms with Crippen molar-refractivity contribution >= 4 is 0 Å². The summed E-state index contributed by atoms with van der Waals surface area (Å²) in [4.78, 5) is 2.54. The van der Waals surface area contributed by atoms with Crippen molar-refractivity contribution in [2.45, 2.75) is 65.0 Å². The van der Waals surface area contributed by atoms with Crippen molar-refractivity contribution < 1.29 is 0 Å². The normalized spacial score (nSPS) is 24.9. The molecule has 0 aromatic heterocycles. The van der Waals surface area contributed by atoms with Crippen LogP contribution in [-0.4, -0.2) is 37.1 Å². The first kappa shape index (κ1) is 14.0. The lowest BCUT2D eigenvalue weighted by atomic mass is 9.98. The van der Waals surface area contributed by atoms with Crippen LogP contribution in [0.2, 0.25) is 0 Å². The number of piperidine rings is 1. The average molecular weight is 226 g/mol. The summed E-state index contributed by atoms with van der Waals surface area (Å²) in [5.41, 5.74) is 0. The lowest BCUT2D eigenvalue weighted by molar-refractivity contribution is 0.173. The maximum absolute atomic E-state index is 3.71. The van der Waals surface area contributed by atoms with Gasteiger partial charge in [-0.25, -0.2) is 0 Å². The Hall–Kier alpha value is -0.0800. The molecule has 2 atom stereocenters. The molecule has 1 rings (SSSR count). The van der Waals surface area contributed by atoms with Crippen LogP contribution in [0.25, 0.3) is 0 Å². The van der Waals surface area contributed by atoms with E-state index in [2.05, 4.69) is 38.0 Å². The van der Waals surface area contributed by atoms with Gasteiger partial charge in [-0.3, -0.25) is 0 Å². The minimum absolute atomic E-state index is 0.703. The number of hydrogen-bond donors (Lipinski definition) is 1. The molecule has 0 spiro atoms. The monoisotopic (exact) mass is 226 g/mol. The zero-order valence-corrected chi connectivity index (χ0v) is 11.6. The molecule has 0 radical (unpaired) electrons. The Morgan fingerprint density at radius 2 is 2.06 bits per heavy atom. The Kier molecular flexibility index (Phi) is 6.37. The van der Waals surface area contributed by atoms with Crippen molar-refractivity contribution in [2.24, 2.45) is 5.92 Å². The second kappa shape index (κ2) is 7.29. The third-order valence-corrected chi connectivity index (χ3v) is 4.05. The SMILES string of the molecule is CCC(NCCC1CCCCN1C)C(C)C. The molecular weight excluding hydrogens is 196 g/mol. The third-order valence-electron chi connectivity index (χ3n) is 4.05. The molecule has 0 amide bonds. The number of rotatable bonds is 6. The first-order valence-corrected chi connectivity index (χ1v) is 7.08. The molecule has 0 saturated carbocycles. The molecule has 1 fully saturated rings. The molecule has 2 nitrogen and oxygen atoms in total. The van der Waals surface area contributed by atoms with Crippen LogP contribution < -0.4 is 5.32 Å². The largest absolute Gasteiger partial charge is 0.314 e. The molecule has 1 aliphatic rings. The first-order chi connectivity index (χ1) is 7.65. The molecule has 16 heavy (non-hydrogen) atoms. The van der Waals surface area contributed by atoms with Gasteiger partial charge >= 0.3 is 0 Å². The van der Waals surface area contributed by atoms with E-state index in [-0.39, 0.29) is 0 Å². The van der Waals surface area contributed by atoms with E-state index in [1.54, 1.807) is 0 Å². The molecule has 1 saturated heterocycles. The van der Waals surface area contributed by atoms with Crippen LogP contribution in [-0.2, 0) is 0 Å². The quantitative estimate of drug-likeness (QED) is 0.749. The van der Waals surface area contributed by atoms with Gasteiger partial charge in [0.05, 0.1) is 0 Å². The van der Waals surface area contributed by atoms with E-state index < -0.39 is 0 Å². The Morgan fingerprint density at radius 1 is 1.31 bits per heavy atom. The molecule has 1 heterocycles. The van der Waals surface area contributed by atoms with Crippen molar-refractivity contribution in [2.75, 3.05) is 20.1 Å². The van der Waals surface area contributed by atoms with Crippen molar-refractivity contribution in [3.8, 4) is 0 Å². The standard InChI is InChI=1S/C14H30N2/c1-5-14(12(2)3)15-10-9-13-8-6-7-11-16(13)4/h12-15H,5-11H2,1-4H3. The summed E-state index contributed by atoms with van der Waals surface area (Å²) in [7, 11) is 2.28.